The summed E-state index contributed by atoms with van der Waals surface area (Å²) in [4.78, 5) is 19.0. The average molecular weight is 512 g/mol. The number of ketones is 1. The normalized spacial score (nSPS) is 15.2. The van der Waals surface area contributed by atoms with Crippen molar-refractivity contribution in [1.29, 1.82) is 0 Å². The molecule has 0 amide bonds. The highest BCUT2D eigenvalue weighted by Gasteiger charge is 2.28. The lowest BCUT2D eigenvalue weighted by atomic mass is 10.1. The summed E-state index contributed by atoms with van der Waals surface area (Å²) in [6, 6.07) is 19.6. The van der Waals surface area contributed by atoms with E-state index in [1.807, 2.05) is 30.3 Å². The molecule has 0 saturated carbocycles. The van der Waals surface area contributed by atoms with E-state index in [1.165, 1.54) is 10.4 Å². The Morgan fingerprint density at radius 1 is 0.906 bits per heavy atom. The number of sulfonamides is 1. The largest absolute Gasteiger partial charge is 0.369 e. The lowest BCUT2D eigenvalue weighted by Crippen LogP contribution is -2.48. The molecule has 2 heterocycles. The third-order valence-electron chi connectivity index (χ3n) is 5.30. The number of carbonyl (C=O) groups is 1. The number of anilines is 1. The van der Waals surface area contributed by atoms with Gasteiger partial charge in [0.2, 0.25) is 10.0 Å². The van der Waals surface area contributed by atoms with E-state index in [2.05, 4.69) is 25.8 Å². The first-order valence-electron chi connectivity index (χ1n) is 10.2. The molecule has 2 aromatic carbocycles. The molecule has 8 heteroatoms. The van der Waals surface area contributed by atoms with Crippen LogP contribution < -0.4 is 4.90 Å². The van der Waals surface area contributed by atoms with Gasteiger partial charge in [-0.25, -0.2) is 8.42 Å². The third kappa shape index (κ3) is 5.15. The molecule has 3 aromatic rings. The van der Waals surface area contributed by atoms with Crippen LogP contribution in [-0.4, -0.2) is 49.7 Å². The molecule has 0 atom stereocenters. The fourth-order valence-electron chi connectivity index (χ4n) is 3.51. The van der Waals surface area contributed by atoms with E-state index in [9.17, 15) is 13.2 Å². The number of nitrogens with zero attached hydrogens (tertiary/aromatic N) is 3. The Labute approximate surface area is 196 Å². The molecular formula is C24H22BrN3O3S. The third-order valence-corrected chi connectivity index (χ3v) is 7.74. The van der Waals surface area contributed by atoms with Crippen molar-refractivity contribution < 1.29 is 13.2 Å². The van der Waals surface area contributed by atoms with E-state index in [1.54, 1.807) is 48.7 Å². The molecule has 1 aliphatic rings. The summed E-state index contributed by atoms with van der Waals surface area (Å²) in [5.41, 5.74) is 2.29. The number of hydrogen-bond acceptors (Lipinski definition) is 5. The first kappa shape index (κ1) is 22.4. The quantitative estimate of drug-likeness (QED) is 0.365. The molecule has 4 rings (SSSR count). The van der Waals surface area contributed by atoms with Crippen LogP contribution in [0, 0.1) is 0 Å². The van der Waals surface area contributed by atoms with Crippen LogP contribution in [0.3, 0.4) is 0 Å². The molecule has 6 nitrogen and oxygen atoms in total. The summed E-state index contributed by atoms with van der Waals surface area (Å²) in [6.07, 6.45) is 4.90. The molecule has 0 unspecified atom stereocenters. The Morgan fingerprint density at radius 2 is 1.59 bits per heavy atom. The second-order valence-electron chi connectivity index (χ2n) is 7.34. The maximum atomic E-state index is 12.9. The van der Waals surface area contributed by atoms with Crippen LogP contribution in [0.2, 0.25) is 0 Å². The number of halogens is 1. The molecule has 1 aliphatic heterocycles. The molecule has 0 spiro atoms. The van der Waals surface area contributed by atoms with Gasteiger partial charge in [-0.15, -0.1) is 0 Å². The monoisotopic (exact) mass is 511 g/mol. The van der Waals surface area contributed by atoms with Crippen LogP contribution in [0.25, 0.3) is 6.08 Å². The van der Waals surface area contributed by atoms with E-state index in [4.69, 9.17) is 0 Å². The second-order valence-corrected chi connectivity index (χ2v) is 10.2. The van der Waals surface area contributed by atoms with Crippen molar-refractivity contribution in [3.63, 3.8) is 0 Å². The molecular weight excluding hydrogens is 490 g/mol. The minimum atomic E-state index is -3.50. The molecule has 0 N–H and O–H groups in total. The smallest absolute Gasteiger partial charge is 0.243 e. The Bertz CT molecular complexity index is 1200. The highest BCUT2D eigenvalue weighted by atomic mass is 79.9. The number of rotatable bonds is 6. The van der Waals surface area contributed by atoms with Gasteiger partial charge in [0, 0.05) is 48.1 Å². The zero-order chi connectivity index (χ0) is 22.6. The number of piperazine rings is 1. The van der Waals surface area contributed by atoms with Gasteiger partial charge in [-0.1, -0.05) is 22.0 Å². The minimum absolute atomic E-state index is 0.0902. The summed E-state index contributed by atoms with van der Waals surface area (Å²) in [5.74, 6) is -0.0902. The van der Waals surface area contributed by atoms with Crippen molar-refractivity contribution in [2.75, 3.05) is 31.1 Å². The zero-order valence-electron chi connectivity index (χ0n) is 17.3. The van der Waals surface area contributed by atoms with Crippen LogP contribution in [0.1, 0.15) is 16.1 Å². The van der Waals surface area contributed by atoms with Gasteiger partial charge >= 0.3 is 0 Å². The summed E-state index contributed by atoms with van der Waals surface area (Å²) in [7, 11) is -3.50. The van der Waals surface area contributed by atoms with E-state index >= 15 is 0 Å². The van der Waals surface area contributed by atoms with Crippen molar-refractivity contribution in [3.05, 3.63) is 94.7 Å². The van der Waals surface area contributed by atoms with Gasteiger partial charge in [-0.05, 0) is 72.8 Å². The minimum Gasteiger partial charge on any atom is -0.369 e. The first-order chi connectivity index (χ1) is 15.4. The van der Waals surface area contributed by atoms with Crippen LogP contribution in [-0.2, 0) is 10.0 Å². The fourth-order valence-corrected chi connectivity index (χ4v) is 5.20. The lowest BCUT2D eigenvalue weighted by Gasteiger charge is -2.35. The van der Waals surface area contributed by atoms with E-state index in [0.717, 1.165) is 15.9 Å². The second kappa shape index (κ2) is 9.77. The highest BCUT2D eigenvalue weighted by Crippen LogP contribution is 2.23. The van der Waals surface area contributed by atoms with Gasteiger partial charge in [-0.2, -0.15) is 4.31 Å². The predicted molar refractivity (Wildman–Crippen MR) is 129 cm³/mol. The standard InChI is InChI=1S/C24H22BrN3O3S/c25-20-6-11-23(12-7-20)32(30,31)28-17-15-27(16-18-28)22-9-4-19(5-10-22)24(29)13-8-21-3-1-2-14-26-21/h1-14H,15-18H2. The van der Waals surface area contributed by atoms with Crippen LogP contribution in [0.4, 0.5) is 5.69 Å². The van der Waals surface area contributed by atoms with Crippen molar-refractivity contribution in [2.45, 2.75) is 4.90 Å². The maximum Gasteiger partial charge on any atom is 0.243 e. The van der Waals surface area contributed by atoms with Crippen molar-refractivity contribution in [1.82, 2.24) is 9.29 Å². The van der Waals surface area contributed by atoms with E-state index < -0.39 is 10.0 Å². The van der Waals surface area contributed by atoms with Gasteiger partial charge in [-0.3, -0.25) is 9.78 Å². The van der Waals surface area contributed by atoms with Crippen molar-refractivity contribution >= 4 is 43.5 Å². The number of pyridine rings is 1. The topological polar surface area (TPSA) is 70.6 Å². The number of benzene rings is 2. The van der Waals surface area contributed by atoms with Gasteiger partial charge in [0.15, 0.2) is 5.78 Å². The van der Waals surface area contributed by atoms with Crippen molar-refractivity contribution in [3.8, 4) is 0 Å². The molecule has 164 valence electrons. The maximum absolute atomic E-state index is 12.9. The molecule has 0 radical (unpaired) electrons. The summed E-state index contributed by atoms with van der Waals surface area (Å²) in [5, 5.41) is 0. The number of allylic oxidation sites excluding steroid dienone is 1. The molecule has 1 aromatic heterocycles. The summed E-state index contributed by atoms with van der Waals surface area (Å²) in [6.45, 7) is 1.99. The molecule has 0 bridgehead atoms. The van der Waals surface area contributed by atoms with Crippen LogP contribution in [0.5, 0.6) is 0 Å². The molecule has 0 aliphatic carbocycles. The van der Waals surface area contributed by atoms with Crippen LogP contribution in [0.15, 0.2) is 88.4 Å². The lowest BCUT2D eigenvalue weighted by molar-refractivity contribution is 0.104. The van der Waals surface area contributed by atoms with Gasteiger partial charge in [0.25, 0.3) is 0 Å². The Kier molecular flexibility index (Phi) is 6.83. The van der Waals surface area contributed by atoms with E-state index in [-0.39, 0.29) is 5.78 Å². The highest BCUT2D eigenvalue weighted by molar-refractivity contribution is 9.10. The SMILES string of the molecule is O=C(C=Cc1ccccn1)c1ccc(N2CCN(S(=O)(=O)c3ccc(Br)cc3)CC2)cc1. The molecule has 32 heavy (non-hydrogen) atoms. The number of carbonyl (C=O) groups excluding carboxylic acids is 1. The van der Waals surface area contributed by atoms with Gasteiger partial charge < -0.3 is 4.90 Å². The summed E-state index contributed by atoms with van der Waals surface area (Å²) >= 11 is 3.33. The fraction of sp³-hybridized carbons (Fsp3) is 0.167. The first-order valence-corrected chi connectivity index (χ1v) is 12.4. The predicted octanol–water partition coefficient (Wildman–Crippen LogP) is 4.25. The van der Waals surface area contributed by atoms with Gasteiger partial charge in [0.05, 0.1) is 10.6 Å². The van der Waals surface area contributed by atoms with Crippen molar-refractivity contribution in [2.24, 2.45) is 0 Å². The van der Waals surface area contributed by atoms with Crippen LogP contribution >= 0.6 is 15.9 Å². The summed E-state index contributed by atoms with van der Waals surface area (Å²) < 4.78 is 28.1. The number of aromatic nitrogens is 1. The Hall–Kier alpha value is -2.81. The Balaban J connectivity index is 1.37. The van der Waals surface area contributed by atoms with E-state index in [0.29, 0.717) is 36.6 Å². The number of hydrogen-bond donors (Lipinski definition) is 0. The average Bonchev–Trinajstić information content (AvgIpc) is 2.84. The molecule has 1 saturated heterocycles. The molecule has 1 fully saturated rings. The Morgan fingerprint density at radius 3 is 2.22 bits per heavy atom. The zero-order valence-corrected chi connectivity index (χ0v) is 19.7. The van der Waals surface area contributed by atoms with Gasteiger partial charge in [0.1, 0.15) is 0 Å².